The van der Waals surface area contributed by atoms with E-state index in [1.54, 1.807) is 24.7 Å². The third kappa shape index (κ3) is 4.64. The molecule has 7 nitrogen and oxygen atoms in total. The minimum absolute atomic E-state index is 0.229. The van der Waals surface area contributed by atoms with Crippen LogP contribution in [0.2, 0.25) is 0 Å². The van der Waals surface area contributed by atoms with Gasteiger partial charge < -0.3 is 10.6 Å². The normalized spacial score (nSPS) is 11.7. The van der Waals surface area contributed by atoms with E-state index in [-0.39, 0.29) is 5.91 Å². The van der Waals surface area contributed by atoms with Crippen molar-refractivity contribution >= 4 is 22.8 Å². The van der Waals surface area contributed by atoms with Gasteiger partial charge >= 0.3 is 6.18 Å². The van der Waals surface area contributed by atoms with Crippen LogP contribution in [-0.4, -0.2) is 38.7 Å². The first-order chi connectivity index (χ1) is 13.7. The van der Waals surface area contributed by atoms with Crippen LogP contribution >= 0.6 is 0 Å². The second-order valence-corrected chi connectivity index (χ2v) is 6.67. The predicted octanol–water partition coefficient (Wildman–Crippen LogP) is 3.23. The lowest BCUT2D eigenvalue weighted by Crippen LogP contribution is -2.26. The second kappa shape index (κ2) is 8.06. The topological polar surface area (TPSA) is 84.7 Å². The number of hydrogen-bond acceptors (Lipinski definition) is 5. The summed E-state index contributed by atoms with van der Waals surface area (Å²) in [4.78, 5) is 20.7. The van der Waals surface area contributed by atoms with Gasteiger partial charge in [0, 0.05) is 31.7 Å². The molecule has 1 amide bonds. The molecule has 3 aromatic heterocycles. The van der Waals surface area contributed by atoms with Crippen molar-refractivity contribution in [2.24, 2.45) is 7.05 Å². The highest BCUT2D eigenvalue weighted by Gasteiger charge is 2.30. The van der Waals surface area contributed by atoms with Gasteiger partial charge in [-0.05, 0) is 38.5 Å². The van der Waals surface area contributed by atoms with Gasteiger partial charge in [-0.1, -0.05) is 0 Å². The number of anilines is 1. The van der Waals surface area contributed by atoms with Crippen molar-refractivity contribution in [3.05, 3.63) is 46.9 Å². The molecule has 0 unspecified atom stereocenters. The molecule has 0 radical (unpaired) electrons. The van der Waals surface area contributed by atoms with Gasteiger partial charge in [0.15, 0.2) is 5.65 Å². The number of hydrogen-bond donors (Lipinski definition) is 2. The lowest BCUT2D eigenvalue weighted by molar-refractivity contribution is -0.137. The van der Waals surface area contributed by atoms with Gasteiger partial charge in [0.1, 0.15) is 5.82 Å². The number of amides is 1. The molecule has 0 aliphatic rings. The molecule has 0 bridgehead atoms. The quantitative estimate of drug-likeness (QED) is 0.614. The number of fused-ring (bicyclic) bond motifs is 1. The van der Waals surface area contributed by atoms with E-state index in [9.17, 15) is 18.0 Å². The van der Waals surface area contributed by atoms with Crippen molar-refractivity contribution in [2.75, 3.05) is 18.4 Å². The second-order valence-electron chi connectivity index (χ2n) is 6.67. The Morgan fingerprint density at radius 3 is 2.59 bits per heavy atom. The number of aromatic nitrogens is 4. The van der Waals surface area contributed by atoms with Crippen LogP contribution in [0.15, 0.2) is 24.4 Å². The average molecular weight is 406 g/mol. The summed E-state index contributed by atoms with van der Waals surface area (Å²) in [5.74, 6) is 0.120. The van der Waals surface area contributed by atoms with Crippen molar-refractivity contribution in [2.45, 2.75) is 26.4 Å². The van der Waals surface area contributed by atoms with E-state index >= 15 is 0 Å². The van der Waals surface area contributed by atoms with E-state index in [1.165, 1.54) is 6.07 Å². The van der Waals surface area contributed by atoms with Gasteiger partial charge in [0.25, 0.3) is 5.91 Å². The summed E-state index contributed by atoms with van der Waals surface area (Å²) in [5.41, 5.74) is 1.85. The van der Waals surface area contributed by atoms with E-state index < -0.39 is 11.7 Å². The maximum Gasteiger partial charge on any atom is 0.417 e. The molecule has 10 heteroatoms. The maximum absolute atomic E-state index is 12.5. The molecule has 0 fully saturated rings. The van der Waals surface area contributed by atoms with Gasteiger partial charge in [-0.15, -0.1) is 0 Å². The predicted molar refractivity (Wildman–Crippen MR) is 103 cm³/mol. The molecule has 0 saturated heterocycles. The molecular weight excluding hydrogens is 385 g/mol. The molecule has 0 aromatic carbocycles. The Morgan fingerprint density at radius 2 is 1.93 bits per heavy atom. The Balaban J connectivity index is 1.51. The van der Waals surface area contributed by atoms with Gasteiger partial charge in [0.05, 0.1) is 22.5 Å². The fourth-order valence-electron chi connectivity index (χ4n) is 2.93. The fourth-order valence-corrected chi connectivity index (χ4v) is 2.93. The summed E-state index contributed by atoms with van der Waals surface area (Å²) >= 11 is 0. The molecule has 0 spiro atoms. The number of nitrogens with zero attached hydrogens (tertiary/aromatic N) is 4. The summed E-state index contributed by atoms with van der Waals surface area (Å²) in [5, 5.41) is 10.9. The van der Waals surface area contributed by atoms with Crippen molar-refractivity contribution in [3.63, 3.8) is 0 Å². The van der Waals surface area contributed by atoms with Crippen molar-refractivity contribution in [1.82, 2.24) is 25.1 Å². The highest BCUT2D eigenvalue weighted by molar-refractivity contribution is 5.98. The van der Waals surface area contributed by atoms with Crippen LogP contribution in [0.25, 0.3) is 11.0 Å². The molecule has 0 atom stereocenters. The van der Waals surface area contributed by atoms with Crippen LogP contribution in [0.5, 0.6) is 0 Å². The summed E-state index contributed by atoms with van der Waals surface area (Å²) in [7, 11) is 1.81. The van der Waals surface area contributed by atoms with E-state index in [0.717, 1.165) is 29.0 Å². The van der Waals surface area contributed by atoms with E-state index in [1.807, 2.05) is 6.92 Å². The Kier molecular flexibility index (Phi) is 5.71. The van der Waals surface area contributed by atoms with Gasteiger partial charge in [-0.2, -0.15) is 18.3 Å². The van der Waals surface area contributed by atoms with Gasteiger partial charge in [0.2, 0.25) is 0 Å². The molecule has 3 aromatic rings. The Morgan fingerprint density at radius 1 is 1.17 bits per heavy atom. The molecular formula is C19H21F3N6O. The number of alkyl halides is 3. The van der Waals surface area contributed by atoms with Gasteiger partial charge in [-0.3, -0.25) is 9.48 Å². The summed E-state index contributed by atoms with van der Waals surface area (Å²) in [6.45, 7) is 4.49. The SMILES string of the molecule is Cc1nc2c(cc1C(=O)NCCCNc1ccc(C(F)(F)F)cn1)c(C)nn2C. The first-order valence-corrected chi connectivity index (χ1v) is 9.03. The van der Waals surface area contributed by atoms with E-state index in [4.69, 9.17) is 0 Å². The van der Waals surface area contributed by atoms with Crippen LogP contribution in [0, 0.1) is 13.8 Å². The number of rotatable bonds is 6. The molecule has 3 heterocycles. The van der Waals surface area contributed by atoms with E-state index in [0.29, 0.717) is 36.6 Å². The molecule has 3 rings (SSSR count). The third-order valence-electron chi connectivity index (χ3n) is 4.47. The molecule has 0 saturated carbocycles. The number of carbonyl (C=O) groups excluding carboxylic acids is 1. The Bertz CT molecular complexity index is 1030. The smallest absolute Gasteiger partial charge is 0.370 e. The third-order valence-corrected chi connectivity index (χ3v) is 4.47. The zero-order chi connectivity index (χ0) is 21.2. The Labute approximate surface area is 165 Å². The lowest BCUT2D eigenvalue weighted by atomic mass is 10.1. The van der Waals surface area contributed by atoms with Gasteiger partial charge in [-0.25, -0.2) is 9.97 Å². The van der Waals surface area contributed by atoms with Crippen LogP contribution < -0.4 is 10.6 Å². The zero-order valence-electron chi connectivity index (χ0n) is 16.3. The summed E-state index contributed by atoms with van der Waals surface area (Å²) in [6, 6.07) is 4.05. The number of aryl methyl sites for hydroxylation is 3. The standard InChI is InChI=1S/C19H21F3N6O/c1-11-15(9-14-12(2)27-28(3)17(14)26-11)18(29)24-8-4-7-23-16-6-5-13(10-25-16)19(20,21)22/h5-6,9-10H,4,7-8H2,1-3H3,(H,23,25)(H,24,29). The largest absolute Gasteiger partial charge is 0.417 e. The summed E-state index contributed by atoms with van der Waals surface area (Å²) < 4.78 is 39.2. The maximum atomic E-state index is 12.5. The highest BCUT2D eigenvalue weighted by Crippen LogP contribution is 2.28. The molecule has 0 aliphatic carbocycles. The highest BCUT2D eigenvalue weighted by atomic mass is 19.4. The van der Waals surface area contributed by atoms with Crippen LogP contribution in [0.4, 0.5) is 19.0 Å². The van der Waals surface area contributed by atoms with Crippen molar-refractivity contribution in [1.29, 1.82) is 0 Å². The average Bonchev–Trinajstić information content (AvgIpc) is 2.93. The molecule has 0 aliphatic heterocycles. The first-order valence-electron chi connectivity index (χ1n) is 9.03. The summed E-state index contributed by atoms with van der Waals surface area (Å²) in [6.07, 6.45) is -3.04. The minimum atomic E-state index is -4.40. The fraction of sp³-hybridized carbons (Fsp3) is 0.368. The molecule has 29 heavy (non-hydrogen) atoms. The van der Waals surface area contributed by atoms with Crippen molar-refractivity contribution < 1.29 is 18.0 Å². The monoisotopic (exact) mass is 406 g/mol. The number of nitrogens with one attached hydrogen (secondary N) is 2. The van der Waals surface area contributed by atoms with Crippen LogP contribution in [0.3, 0.4) is 0 Å². The zero-order valence-corrected chi connectivity index (χ0v) is 16.3. The number of halogens is 3. The van der Waals surface area contributed by atoms with Crippen LogP contribution in [0.1, 0.15) is 33.7 Å². The molecule has 2 N–H and O–H groups in total. The number of pyridine rings is 2. The Hall–Kier alpha value is -3.17. The van der Waals surface area contributed by atoms with Crippen molar-refractivity contribution in [3.8, 4) is 0 Å². The molecule has 154 valence electrons. The minimum Gasteiger partial charge on any atom is -0.370 e. The number of carbonyl (C=O) groups is 1. The lowest BCUT2D eigenvalue weighted by Gasteiger charge is -2.10. The van der Waals surface area contributed by atoms with E-state index in [2.05, 4.69) is 25.7 Å². The first kappa shape index (κ1) is 20.6. The van der Waals surface area contributed by atoms with Crippen LogP contribution in [-0.2, 0) is 13.2 Å².